The van der Waals surface area contributed by atoms with Crippen molar-refractivity contribution in [1.82, 2.24) is 0 Å². The first-order valence-corrected chi connectivity index (χ1v) is 6.18. The highest BCUT2D eigenvalue weighted by atomic mass is 16.3. The standard InChI is InChI=1S/C14H22N2O2/c1-8(2)11(7-15)14(18)16-12-6-5-9(3)13(17)10(12)4/h5-6,8,11,17H,7,15H2,1-4H3,(H,16,18). The lowest BCUT2D eigenvalue weighted by Gasteiger charge is -2.19. The Bertz CT molecular complexity index is 442. The number of phenols is 1. The van der Waals surface area contributed by atoms with E-state index in [2.05, 4.69) is 5.32 Å². The van der Waals surface area contributed by atoms with Crippen molar-refractivity contribution in [2.24, 2.45) is 17.6 Å². The molecule has 4 nitrogen and oxygen atoms in total. The number of hydrogen-bond donors (Lipinski definition) is 3. The van der Waals surface area contributed by atoms with E-state index >= 15 is 0 Å². The van der Waals surface area contributed by atoms with Crippen LogP contribution in [0.5, 0.6) is 5.75 Å². The molecule has 0 bridgehead atoms. The number of rotatable bonds is 4. The lowest BCUT2D eigenvalue weighted by molar-refractivity contribution is -0.120. The Labute approximate surface area is 108 Å². The number of nitrogens with two attached hydrogens (primary N) is 1. The van der Waals surface area contributed by atoms with Gasteiger partial charge in [0.2, 0.25) is 5.91 Å². The van der Waals surface area contributed by atoms with Gasteiger partial charge in [-0.25, -0.2) is 0 Å². The van der Waals surface area contributed by atoms with E-state index in [9.17, 15) is 9.90 Å². The SMILES string of the molecule is Cc1ccc(NC(=O)C(CN)C(C)C)c(C)c1O. The lowest BCUT2D eigenvalue weighted by atomic mass is 9.95. The molecule has 4 heteroatoms. The Balaban J connectivity index is 2.92. The predicted octanol–water partition coefficient (Wildman–Crippen LogP) is 2.18. The fourth-order valence-electron chi connectivity index (χ4n) is 1.88. The molecule has 0 aliphatic carbocycles. The second kappa shape index (κ2) is 5.87. The van der Waals surface area contributed by atoms with Crippen LogP contribution in [0.25, 0.3) is 0 Å². The maximum atomic E-state index is 12.1. The number of carbonyl (C=O) groups excluding carboxylic acids is 1. The number of benzene rings is 1. The van der Waals surface area contributed by atoms with Gasteiger partial charge in [0.05, 0.1) is 5.92 Å². The molecule has 0 heterocycles. The third kappa shape index (κ3) is 3.01. The van der Waals surface area contributed by atoms with Gasteiger partial charge in [0.1, 0.15) is 5.75 Å². The van der Waals surface area contributed by atoms with E-state index in [-0.39, 0.29) is 23.5 Å². The lowest BCUT2D eigenvalue weighted by Crippen LogP contribution is -2.33. The van der Waals surface area contributed by atoms with Crippen molar-refractivity contribution in [3.63, 3.8) is 0 Å². The molecule has 1 unspecified atom stereocenters. The Hall–Kier alpha value is -1.55. The van der Waals surface area contributed by atoms with Gasteiger partial charge in [0.15, 0.2) is 0 Å². The predicted molar refractivity (Wildman–Crippen MR) is 73.6 cm³/mol. The summed E-state index contributed by atoms with van der Waals surface area (Å²) < 4.78 is 0. The molecule has 1 amide bonds. The molecule has 1 atom stereocenters. The minimum absolute atomic E-state index is 0.0983. The number of carbonyl (C=O) groups is 1. The Morgan fingerprint density at radius 2 is 2.00 bits per heavy atom. The summed E-state index contributed by atoms with van der Waals surface area (Å²) in [6.07, 6.45) is 0. The van der Waals surface area contributed by atoms with Crippen LogP contribution in [0.1, 0.15) is 25.0 Å². The summed E-state index contributed by atoms with van der Waals surface area (Å²) in [7, 11) is 0. The van der Waals surface area contributed by atoms with Gasteiger partial charge < -0.3 is 16.2 Å². The number of nitrogens with one attached hydrogen (secondary N) is 1. The smallest absolute Gasteiger partial charge is 0.229 e. The minimum Gasteiger partial charge on any atom is -0.507 e. The van der Waals surface area contributed by atoms with Crippen LogP contribution in [0.4, 0.5) is 5.69 Å². The van der Waals surface area contributed by atoms with E-state index in [0.29, 0.717) is 17.8 Å². The molecule has 18 heavy (non-hydrogen) atoms. The van der Waals surface area contributed by atoms with Crippen molar-refractivity contribution in [1.29, 1.82) is 0 Å². The number of hydrogen-bond acceptors (Lipinski definition) is 3. The molecule has 0 aliphatic heterocycles. The van der Waals surface area contributed by atoms with Gasteiger partial charge in [-0.1, -0.05) is 19.9 Å². The highest BCUT2D eigenvalue weighted by Gasteiger charge is 2.21. The van der Waals surface area contributed by atoms with Gasteiger partial charge >= 0.3 is 0 Å². The monoisotopic (exact) mass is 250 g/mol. The second-order valence-corrected chi connectivity index (χ2v) is 4.98. The third-order valence-electron chi connectivity index (χ3n) is 3.29. The van der Waals surface area contributed by atoms with Crippen molar-refractivity contribution in [2.75, 3.05) is 11.9 Å². The second-order valence-electron chi connectivity index (χ2n) is 4.98. The van der Waals surface area contributed by atoms with Gasteiger partial charge in [0.25, 0.3) is 0 Å². The maximum absolute atomic E-state index is 12.1. The molecular formula is C14H22N2O2. The molecule has 4 N–H and O–H groups in total. The van der Waals surface area contributed by atoms with Crippen molar-refractivity contribution in [3.8, 4) is 5.75 Å². The van der Waals surface area contributed by atoms with Crippen molar-refractivity contribution in [2.45, 2.75) is 27.7 Å². The third-order valence-corrected chi connectivity index (χ3v) is 3.29. The molecule has 1 aromatic rings. The summed E-state index contributed by atoms with van der Waals surface area (Å²) in [5, 5.41) is 12.7. The normalized spacial score (nSPS) is 12.6. The quantitative estimate of drug-likeness (QED) is 0.766. The highest BCUT2D eigenvalue weighted by Crippen LogP contribution is 2.28. The first-order chi connectivity index (χ1) is 8.38. The van der Waals surface area contributed by atoms with E-state index < -0.39 is 0 Å². The summed E-state index contributed by atoms with van der Waals surface area (Å²) in [5.41, 5.74) is 7.73. The van der Waals surface area contributed by atoms with Gasteiger partial charge in [-0.05, 0) is 31.4 Å². The fraction of sp³-hybridized carbons (Fsp3) is 0.500. The van der Waals surface area contributed by atoms with Crippen LogP contribution in [0.15, 0.2) is 12.1 Å². The first-order valence-electron chi connectivity index (χ1n) is 6.18. The molecule has 0 aliphatic rings. The number of aromatic hydroxyl groups is 1. The Morgan fingerprint density at radius 3 is 2.50 bits per heavy atom. The molecule has 0 aromatic heterocycles. The van der Waals surface area contributed by atoms with E-state index in [1.54, 1.807) is 19.1 Å². The number of amides is 1. The van der Waals surface area contributed by atoms with Crippen LogP contribution in [0.2, 0.25) is 0 Å². The van der Waals surface area contributed by atoms with Crippen LogP contribution < -0.4 is 11.1 Å². The molecular weight excluding hydrogens is 228 g/mol. The zero-order valence-corrected chi connectivity index (χ0v) is 11.4. The van der Waals surface area contributed by atoms with Crippen molar-refractivity contribution in [3.05, 3.63) is 23.3 Å². The van der Waals surface area contributed by atoms with E-state index in [0.717, 1.165) is 5.56 Å². The van der Waals surface area contributed by atoms with Crippen LogP contribution in [0.3, 0.4) is 0 Å². The van der Waals surface area contributed by atoms with Gasteiger partial charge in [0, 0.05) is 17.8 Å². The average molecular weight is 250 g/mol. The molecule has 0 radical (unpaired) electrons. The van der Waals surface area contributed by atoms with E-state index in [1.165, 1.54) is 0 Å². The zero-order valence-electron chi connectivity index (χ0n) is 11.4. The van der Waals surface area contributed by atoms with Crippen LogP contribution >= 0.6 is 0 Å². The average Bonchev–Trinajstić information content (AvgIpc) is 2.30. The van der Waals surface area contributed by atoms with Crippen LogP contribution in [-0.2, 0) is 4.79 Å². The van der Waals surface area contributed by atoms with Gasteiger partial charge in [-0.15, -0.1) is 0 Å². The van der Waals surface area contributed by atoms with E-state index in [1.807, 2.05) is 20.8 Å². The Morgan fingerprint density at radius 1 is 1.39 bits per heavy atom. The number of anilines is 1. The largest absolute Gasteiger partial charge is 0.507 e. The highest BCUT2D eigenvalue weighted by molar-refractivity contribution is 5.94. The summed E-state index contributed by atoms with van der Waals surface area (Å²) in [6, 6.07) is 3.58. The van der Waals surface area contributed by atoms with E-state index in [4.69, 9.17) is 5.73 Å². The zero-order chi connectivity index (χ0) is 13.9. The minimum atomic E-state index is -0.215. The van der Waals surface area contributed by atoms with Crippen molar-refractivity contribution < 1.29 is 9.90 Å². The maximum Gasteiger partial charge on any atom is 0.229 e. The molecule has 1 aromatic carbocycles. The molecule has 100 valence electrons. The fourth-order valence-corrected chi connectivity index (χ4v) is 1.88. The number of aryl methyl sites for hydroxylation is 1. The van der Waals surface area contributed by atoms with Gasteiger partial charge in [-0.2, -0.15) is 0 Å². The summed E-state index contributed by atoms with van der Waals surface area (Å²) in [6.45, 7) is 7.86. The summed E-state index contributed by atoms with van der Waals surface area (Å²) in [4.78, 5) is 12.1. The van der Waals surface area contributed by atoms with Crippen LogP contribution in [-0.4, -0.2) is 17.6 Å². The molecule has 0 saturated carbocycles. The topological polar surface area (TPSA) is 75.4 Å². The molecule has 0 saturated heterocycles. The number of phenolic OH excluding ortho intramolecular Hbond substituents is 1. The molecule has 0 fully saturated rings. The summed E-state index contributed by atoms with van der Waals surface area (Å²) >= 11 is 0. The summed E-state index contributed by atoms with van der Waals surface area (Å²) in [5.74, 6) is 0.0997. The molecule has 1 rings (SSSR count). The Kier molecular flexibility index (Phi) is 4.73. The first kappa shape index (κ1) is 14.5. The van der Waals surface area contributed by atoms with Crippen molar-refractivity contribution >= 4 is 11.6 Å². The molecule has 0 spiro atoms. The van der Waals surface area contributed by atoms with Crippen LogP contribution in [0, 0.1) is 25.7 Å². The van der Waals surface area contributed by atoms with Gasteiger partial charge in [-0.3, -0.25) is 4.79 Å².